The average molecular weight is 353 g/mol. The molecule has 0 saturated heterocycles. The van der Waals surface area contributed by atoms with Crippen molar-refractivity contribution in [2.45, 2.75) is 0 Å². The van der Waals surface area contributed by atoms with Crippen LogP contribution >= 0.6 is 11.3 Å². The fourth-order valence-electron chi connectivity index (χ4n) is 2.76. The summed E-state index contributed by atoms with van der Waals surface area (Å²) < 4.78 is 17.2. The molecule has 0 saturated carbocycles. The lowest BCUT2D eigenvalue weighted by Crippen LogP contribution is -2.12. The van der Waals surface area contributed by atoms with Crippen LogP contribution in [0.5, 0.6) is 11.5 Å². The number of rotatable bonds is 2. The van der Waals surface area contributed by atoms with Crippen molar-refractivity contribution in [1.82, 2.24) is 4.98 Å². The number of carbonyl (C=O) groups excluding carboxylic acids is 1. The van der Waals surface area contributed by atoms with Gasteiger partial charge in [0.1, 0.15) is 5.58 Å². The average Bonchev–Trinajstić information content (AvgIpc) is 3.29. The lowest BCUT2D eigenvalue weighted by Gasteiger charge is -1.98. The second-order valence-electron chi connectivity index (χ2n) is 5.49. The molecule has 0 unspecified atom stereocenters. The molecule has 1 aliphatic rings. The Bertz CT molecular complexity index is 1110. The van der Waals surface area contributed by atoms with E-state index in [1.54, 1.807) is 12.1 Å². The molecular weight excluding hydrogens is 342 g/mol. The summed E-state index contributed by atoms with van der Waals surface area (Å²) in [6.45, 7) is 0.210. The van der Waals surface area contributed by atoms with Gasteiger partial charge in [-0.3, -0.25) is 10.1 Å². The number of nitrogens with one attached hydrogen (secondary N) is 1. The molecule has 0 fully saturated rings. The van der Waals surface area contributed by atoms with Crippen LogP contribution in [0.3, 0.4) is 0 Å². The van der Waals surface area contributed by atoms with Gasteiger partial charge in [-0.15, -0.1) is 0 Å². The van der Waals surface area contributed by atoms with E-state index in [4.69, 9.17) is 19.6 Å². The molecule has 3 heterocycles. The molecule has 0 bridgehead atoms. The number of nitrogens with zero attached hydrogens (tertiary/aromatic N) is 1. The Labute approximate surface area is 145 Å². The molecule has 1 aliphatic heterocycles. The maximum absolute atomic E-state index is 12.5. The molecule has 3 N–H and O–H groups in total. The van der Waals surface area contributed by atoms with Gasteiger partial charge in [0.05, 0.1) is 15.9 Å². The number of carbonyl (C=O) groups is 1. The van der Waals surface area contributed by atoms with E-state index in [-0.39, 0.29) is 12.6 Å². The van der Waals surface area contributed by atoms with E-state index in [2.05, 4.69) is 10.3 Å². The third kappa shape index (κ3) is 2.18. The number of ether oxygens (including phenoxy) is 2. The summed E-state index contributed by atoms with van der Waals surface area (Å²) in [5.74, 6) is 0.968. The molecule has 7 nitrogen and oxygen atoms in total. The van der Waals surface area contributed by atoms with Crippen LogP contribution in [0.15, 0.2) is 40.8 Å². The Morgan fingerprint density at radius 2 is 2.00 bits per heavy atom. The van der Waals surface area contributed by atoms with Crippen LogP contribution in [0.25, 0.3) is 21.2 Å². The number of nitrogens with two attached hydrogens (primary N) is 1. The summed E-state index contributed by atoms with van der Waals surface area (Å²) in [6, 6.07) is 10.9. The van der Waals surface area contributed by atoms with Crippen molar-refractivity contribution < 1.29 is 18.7 Å². The molecule has 2 aromatic carbocycles. The molecule has 8 heteroatoms. The van der Waals surface area contributed by atoms with Gasteiger partial charge in [0.2, 0.25) is 12.6 Å². The lowest BCUT2D eigenvalue weighted by molar-refractivity contribution is 0.1000. The third-order valence-electron chi connectivity index (χ3n) is 3.94. The van der Waals surface area contributed by atoms with Gasteiger partial charge in [-0.05, 0) is 12.1 Å². The zero-order valence-electron chi connectivity index (χ0n) is 12.7. The van der Waals surface area contributed by atoms with Gasteiger partial charge in [0, 0.05) is 17.5 Å². The zero-order chi connectivity index (χ0) is 17.0. The Balaban J connectivity index is 1.49. The second kappa shape index (κ2) is 5.12. The van der Waals surface area contributed by atoms with Crippen LogP contribution in [0.1, 0.15) is 10.6 Å². The summed E-state index contributed by atoms with van der Waals surface area (Å²) in [5, 5.41) is 3.90. The molecule has 124 valence electrons. The van der Waals surface area contributed by atoms with Crippen LogP contribution in [-0.4, -0.2) is 17.7 Å². The van der Waals surface area contributed by atoms with Gasteiger partial charge >= 0.3 is 0 Å². The number of thiazole rings is 1. The van der Waals surface area contributed by atoms with Gasteiger partial charge in [-0.2, -0.15) is 0 Å². The predicted molar refractivity (Wildman–Crippen MR) is 94.3 cm³/mol. The lowest BCUT2D eigenvalue weighted by atomic mass is 10.2. The first kappa shape index (κ1) is 14.1. The minimum Gasteiger partial charge on any atom is -0.454 e. The van der Waals surface area contributed by atoms with E-state index >= 15 is 0 Å². The number of aromatic nitrogens is 1. The standard InChI is InChI=1S/C17H11N3O4S/c18-14-8-3-1-2-4-10(8)24-15(14)16(21)20-17-19-9-5-11-12(23-7-22-11)6-13(9)25-17/h1-6H,7,18H2,(H,19,20,21). The fraction of sp³-hybridized carbons (Fsp3) is 0.0588. The number of hydrogen-bond acceptors (Lipinski definition) is 7. The molecule has 2 aromatic heterocycles. The number of fused-ring (bicyclic) bond motifs is 3. The van der Waals surface area contributed by atoms with E-state index in [1.807, 2.05) is 24.3 Å². The highest BCUT2D eigenvalue weighted by atomic mass is 32.1. The molecule has 5 rings (SSSR count). The minimum absolute atomic E-state index is 0.0783. The second-order valence-corrected chi connectivity index (χ2v) is 6.52. The van der Waals surface area contributed by atoms with Crippen molar-refractivity contribution in [2.24, 2.45) is 0 Å². The maximum atomic E-state index is 12.5. The van der Waals surface area contributed by atoms with Crippen LogP contribution in [-0.2, 0) is 0 Å². The number of amides is 1. The fourth-order valence-corrected chi connectivity index (χ4v) is 3.63. The molecular formula is C17H11N3O4S. The van der Waals surface area contributed by atoms with Gasteiger partial charge in [-0.1, -0.05) is 23.5 Å². The molecule has 4 aromatic rings. The van der Waals surface area contributed by atoms with E-state index in [0.29, 0.717) is 33.3 Å². The Hall–Kier alpha value is -3.26. The van der Waals surface area contributed by atoms with E-state index in [1.165, 1.54) is 11.3 Å². The summed E-state index contributed by atoms with van der Waals surface area (Å²) >= 11 is 1.34. The number of para-hydroxylation sites is 1. The molecule has 0 radical (unpaired) electrons. The number of furan rings is 1. The van der Waals surface area contributed by atoms with Crippen molar-refractivity contribution >= 4 is 49.2 Å². The van der Waals surface area contributed by atoms with E-state index < -0.39 is 5.91 Å². The van der Waals surface area contributed by atoms with Crippen LogP contribution < -0.4 is 20.5 Å². The summed E-state index contributed by atoms with van der Waals surface area (Å²) in [6.07, 6.45) is 0. The molecule has 0 atom stereocenters. The Morgan fingerprint density at radius 1 is 1.20 bits per heavy atom. The number of anilines is 2. The van der Waals surface area contributed by atoms with Gasteiger partial charge < -0.3 is 19.6 Å². The normalized spacial score (nSPS) is 12.8. The van der Waals surface area contributed by atoms with Gasteiger partial charge in [0.15, 0.2) is 16.6 Å². The van der Waals surface area contributed by atoms with Crippen LogP contribution in [0.2, 0.25) is 0 Å². The smallest absolute Gasteiger partial charge is 0.295 e. The maximum Gasteiger partial charge on any atom is 0.295 e. The van der Waals surface area contributed by atoms with E-state index in [9.17, 15) is 4.79 Å². The van der Waals surface area contributed by atoms with Crippen molar-refractivity contribution in [1.29, 1.82) is 0 Å². The number of benzene rings is 2. The highest BCUT2D eigenvalue weighted by Crippen LogP contribution is 2.39. The highest BCUT2D eigenvalue weighted by molar-refractivity contribution is 7.22. The van der Waals surface area contributed by atoms with Crippen molar-refractivity contribution in [3.05, 3.63) is 42.2 Å². The third-order valence-corrected chi connectivity index (χ3v) is 4.88. The first-order valence-corrected chi connectivity index (χ1v) is 8.29. The Kier molecular flexibility index (Phi) is 2.89. The predicted octanol–water partition coefficient (Wildman–Crippen LogP) is 3.61. The quantitative estimate of drug-likeness (QED) is 0.571. The Morgan fingerprint density at radius 3 is 2.84 bits per heavy atom. The van der Waals surface area contributed by atoms with Crippen molar-refractivity contribution in [2.75, 3.05) is 17.8 Å². The summed E-state index contributed by atoms with van der Waals surface area (Å²) in [4.78, 5) is 16.9. The largest absolute Gasteiger partial charge is 0.454 e. The first-order valence-electron chi connectivity index (χ1n) is 7.47. The van der Waals surface area contributed by atoms with Gasteiger partial charge in [-0.25, -0.2) is 4.98 Å². The zero-order valence-corrected chi connectivity index (χ0v) is 13.6. The van der Waals surface area contributed by atoms with Crippen molar-refractivity contribution in [3.8, 4) is 11.5 Å². The summed E-state index contributed by atoms with van der Waals surface area (Å²) in [7, 11) is 0. The van der Waals surface area contributed by atoms with E-state index in [0.717, 1.165) is 10.2 Å². The van der Waals surface area contributed by atoms with Crippen molar-refractivity contribution in [3.63, 3.8) is 0 Å². The minimum atomic E-state index is -0.437. The molecule has 25 heavy (non-hydrogen) atoms. The van der Waals surface area contributed by atoms with Gasteiger partial charge in [0.25, 0.3) is 5.91 Å². The summed E-state index contributed by atoms with van der Waals surface area (Å²) in [5.41, 5.74) is 7.64. The molecule has 1 amide bonds. The highest BCUT2D eigenvalue weighted by Gasteiger charge is 2.21. The number of nitrogen functional groups attached to an aromatic ring is 1. The monoisotopic (exact) mass is 353 g/mol. The molecule has 0 aliphatic carbocycles. The molecule has 0 spiro atoms. The van der Waals surface area contributed by atoms with Crippen LogP contribution in [0.4, 0.5) is 10.8 Å². The number of hydrogen-bond donors (Lipinski definition) is 2. The first-order chi connectivity index (χ1) is 12.2. The topological polar surface area (TPSA) is 99.6 Å². The van der Waals surface area contributed by atoms with Crippen LogP contribution in [0, 0.1) is 0 Å². The SMILES string of the molecule is Nc1c(C(=O)Nc2nc3cc4c(cc3s2)OCO4)oc2ccccc12.